The average molecular weight is 525 g/mol. The van der Waals surface area contributed by atoms with Gasteiger partial charge in [0.25, 0.3) is 0 Å². The highest BCUT2D eigenvalue weighted by Gasteiger charge is 2.29. The molecule has 1 aromatic carbocycles. The number of nitrogens with one attached hydrogen (secondary N) is 1. The van der Waals surface area contributed by atoms with Gasteiger partial charge < -0.3 is 9.47 Å². The molecule has 4 rings (SSSR count). The van der Waals surface area contributed by atoms with Crippen LogP contribution in [0.5, 0.6) is 11.5 Å². The second-order valence-electron chi connectivity index (χ2n) is 7.69. The number of para-hydroxylation sites is 1. The highest BCUT2D eigenvalue weighted by atomic mass is 32.2. The first kappa shape index (κ1) is 25.5. The van der Waals surface area contributed by atoms with Crippen molar-refractivity contribution in [2.45, 2.75) is 18.6 Å². The van der Waals surface area contributed by atoms with E-state index in [-0.39, 0.29) is 35.4 Å². The Kier molecular flexibility index (Phi) is 7.25. The lowest BCUT2D eigenvalue weighted by Crippen LogP contribution is -2.29. The van der Waals surface area contributed by atoms with Gasteiger partial charge in [-0.3, -0.25) is 9.29 Å². The number of rotatable bonds is 9. The molecule has 0 bridgehead atoms. The predicted molar refractivity (Wildman–Crippen MR) is 130 cm³/mol. The molecular formula is C23H21FN8O4S. The lowest BCUT2D eigenvalue weighted by atomic mass is 10.2. The third-order valence-corrected chi connectivity index (χ3v) is 6.98. The van der Waals surface area contributed by atoms with Crippen molar-refractivity contribution in [2.75, 3.05) is 18.9 Å². The molecule has 0 aliphatic rings. The molecule has 37 heavy (non-hydrogen) atoms. The van der Waals surface area contributed by atoms with Crippen LogP contribution in [0.15, 0.2) is 48.8 Å². The number of pyridine rings is 1. The minimum Gasteiger partial charge on any atom is -0.494 e. The standard InChI is InChI=1S/C23H21FN8O4S/c1-14(10-20-26-12-15(24)13-27-20)37(33,34)31-23-30-29-22(17-7-4-6-16(11-25)28-17)32(23)21-18(35-2)8-5-9-19(21)36-3/h4-9,12-14H,10H2,1-3H3,(H,30,31)/t14-/m1/s1. The molecule has 3 aromatic heterocycles. The molecule has 1 N–H and O–H groups in total. The highest BCUT2D eigenvalue weighted by Crippen LogP contribution is 2.37. The van der Waals surface area contributed by atoms with Gasteiger partial charge in [-0.2, -0.15) is 5.26 Å². The molecule has 4 aromatic rings. The summed E-state index contributed by atoms with van der Waals surface area (Å²) in [4.78, 5) is 11.9. The largest absolute Gasteiger partial charge is 0.494 e. The number of nitrogens with zero attached hydrogens (tertiary/aromatic N) is 7. The van der Waals surface area contributed by atoms with Crippen LogP contribution in [0.3, 0.4) is 0 Å². The van der Waals surface area contributed by atoms with E-state index in [2.05, 4.69) is 29.9 Å². The third kappa shape index (κ3) is 5.31. The van der Waals surface area contributed by atoms with Crippen molar-refractivity contribution < 1.29 is 22.3 Å². The van der Waals surface area contributed by atoms with Crippen LogP contribution in [-0.4, -0.2) is 57.6 Å². The number of methoxy groups -OCH3 is 2. The predicted octanol–water partition coefficient (Wildman–Crippen LogP) is 2.52. The number of hydrogen-bond donors (Lipinski definition) is 1. The lowest BCUT2D eigenvalue weighted by Gasteiger charge is -2.18. The summed E-state index contributed by atoms with van der Waals surface area (Å²) in [6, 6.07) is 11.7. The second kappa shape index (κ2) is 10.5. The summed E-state index contributed by atoms with van der Waals surface area (Å²) in [5.41, 5.74) is 0.704. The van der Waals surface area contributed by atoms with Gasteiger partial charge in [0, 0.05) is 6.42 Å². The van der Waals surface area contributed by atoms with Gasteiger partial charge in [0.05, 0.1) is 31.9 Å². The summed E-state index contributed by atoms with van der Waals surface area (Å²) >= 11 is 0. The van der Waals surface area contributed by atoms with Gasteiger partial charge in [-0.25, -0.2) is 27.8 Å². The van der Waals surface area contributed by atoms with Gasteiger partial charge in [-0.15, -0.1) is 10.2 Å². The second-order valence-corrected chi connectivity index (χ2v) is 9.79. The molecule has 12 nitrogen and oxygen atoms in total. The lowest BCUT2D eigenvalue weighted by molar-refractivity contribution is 0.391. The Bertz CT molecular complexity index is 1550. The van der Waals surface area contributed by atoms with Gasteiger partial charge in [0.1, 0.15) is 40.5 Å². The zero-order valence-corrected chi connectivity index (χ0v) is 20.8. The van der Waals surface area contributed by atoms with Gasteiger partial charge in [-0.1, -0.05) is 12.1 Å². The van der Waals surface area contributed by atoms with Crippen LogP contribution in [-0.2, 0) is 16.4 Å². The molecule has 0 amide bonds. The third-order valence-electron chi connectivity index (χ3n) is 5.29. The van der Waals surface area contributed by atoms with Crippen LogP contribution in [0, 0.1) is 17.1 Å². The van der Waals surface area contributed by atoms with E-state index >= 15 is 0 Å². The van der Waals surface area contributed by atoms with Crippen molar-refractivity contribution in [1.29, 1.82) is 5.26 Å². The van der Waals surface area contributed by atoms with Crippen molar-refractivity contribution in [1.82, 2.24) is 29.7 Å². The fraction of sp³-hybridized carbons (Fsp3) is 0.217. The van der Waals surface area contributed by atoms with Crippen molar-refractivity contribution >= 4 is 16.0 Å². The molecule has 0 saturated heterocycles. The van der Waals surface area contributed by atoms with Gasteiger partial charge in [0.2, 0.25) is 16.0 Å². The molecule has 0 fully saturated rings. The van der Waals surface area contributed by atoms with Crippen LogP contribution in [0.1, 0.15) is 18.4 Å². The van der Waals surface area contributed by atoms with E-state index in [1.165, 1.54) is 31.8 Å². The Morgan fingerprint density at radius 3 is 2.35 bits per heavy atom. The van der Waals surface area contributed by atoms with Crippen LogP contribution >= 0.6 is 0 Å². The minimum absolute atomic E-state index is 0.0830. The monoisotopic (exact) mass is 524 g/mol. The Morgan fingerprint density at radius 2 is 1.73 bits per heavy atom. The maximum absolute atomic E-state index is 13.3. The van der Waals surface area contributed by atoms with Crippen molar-refractivity contribution in [3.05, 3.63) is 66.1 Å². The summed E-state index contributed by atoms with van der Waals surface area (Å²) in [6.07, 6.45) is 1.85. The smallest absolute Gasteiger partial charge is 0.243 e. The van der Waals surface area contributed by atoms with E-state index in [0.29, 0.717) is 17.2 Å². The number of halogens is 1. The Labute approximate surface area is 211 Å². The molecule has 1 atom stereocenters. The van der Waals surface area contributed by atoms with Crippen LogP contribution < -0.4 is 14.2 Å². The Morgan fingerprint density at radius 1 is 1.08 bits per heavy atom. The number of nitriles is 1. The maximum atomic E-state index is 13.3. The van der Waals surface area contributed by atoms with E-state index in [0.717, 1.165) is 12.4 Å². The molecule has 0 aliphatic carbocycles. The van der Waals surface area contributed by atoms with Crippen LogP contribution in [0.2, 0.25) is 0 Å². The molecule has 0 aliphatic heterocycles. The number of hydrogen-bond acceptors (Lipinski definition) is 10. The normalized spacial score (nSPS) is 12.0. The van der Waals surface area contributed by atoms with E-state index in [1.807, 2.05) is 6.07 Å². The summed E-state index contributed by atoms with van der Waals surface area (Å²) in [5, 5.41) is 16.5. The summed E-state index contributed by atoms with van der Waals surface area (Å²) in [5.74, 6) is 0.166. The van der Waals surface area contributed by atoms with Crippen molar-refractivity contribution in [2.24, 2.45) is 0 Å². The summed E-state index contributed by atoms with van der Waals surface area (Å²) in [7, 11) is -1.17. The molecule has 0 radical (unpaired) electrons. The summed E-state index contributed by atoms with van der Waals surface area (Å²) in [6.45, 7) is 1.46. The number of anilines is 1. The SMILES string of the molecule is COc1cccc(OC)c1-n1c(NS(=O)(=O)[C@H](C)Cc2ncc(F)cn2)nnc1-c1cccc(C#N)n1. The summed E-state index contributed by atoms with van der Waals surface area (Å²) < 4.78 is 54.6. The van der Waals surface area contributed by atoms with Crippen LogP contribution in [0.25, 0.3) is 17.2 Å². The van der Waals surface area contributed by atoms with E-state index in [9.17, 15) is 18.1 Å². The number of sulfonamides is 1. The molecule has 0 spiro atoms. The van der Waals surface area contributed by atoms with Crippen LogP contribution in [0.4, 0.5) is 10.3 Å². The Balaban J connectivity index is 1.83. The van der Waals surface area contributed by atoms with Crippen molar-refractivity contribution in [3.8, 4) is 34.8 Å². The Hall–Kier alpha value is -4.64. The van der Waals surface area contributed by atoms with Crippen molar-refractivity contribution in [3.63, 3.8) is 0 Å². The quantitative estimate of drug-likeness (QED) is 0.345. The highest BCUT2D eigenvalue weighted by molar-refractivity contribution is 7.93. The average Bonchev–Trinajstić information content (AvgIpc) is 3.31. The van der Waals surface area contributed by atoms with E-state index in [1.54, 1.807) is 30.3 Å². The molecular weight excluding hydrogens is 503 g/mol. The maximum Gasteiger partial charge on any atom is 0.243 e. The molecule has 0 unspecified atom stereocenters. The number of benzene rings is 1. The minimum atomic E-state index is -4.07. The topological polar surface area (TPSA) is 158 Å². The van der Waals surface area contributed by atoms with Gasteiger partial charge >= 0.3 is 0 Å². The van der Waals surface area contributed by atoms with Gasteiger partial charge in [0.15, 0.2) is 11.6 Å². The number of aromatic nitrogens is 6. The molecule has 3 heterocycles. The molecule has 190 valence electrons. The number of ether oxygens (including phenoxy) is 2. The van der Waals surface area contributed by atoms with Gasteiger partial charge in [-0.05, 0) is 31.2 Å². The fourth-order valence-corrected chi connectivity index (χ4v) is 4.40. The zero-order valence-electron chi connectivity index (χ0n) is 20.0. The first-order valence-corrected chi connectivity index (χ1v) is 12.3. The molecule has 14 heteroatoms. The zero-order chi connectivity index (χ0) is 26.6. The first-order chi connectivity index (χ1) is 17.8. The van der Waals surface area contributed by atoms with E-state index < -0.39 is 21.1 Å². The fourth-order valence-electron chi connectivity index (χ4n) is 3.44. The first-order valence-electron chi connectivity index (χ1n) is 10.8. The molecule has 0 saturated carbocycles. The van der Waals surface area contributed by atoms with E-state index in [4.69, 9.17) is 9.47 Å².